The van der Waals surface area contributed by atoms with Gasteiger partial charge in [0.2, 0.25) is 0 Å². The van der Waals surface area contributed by atoms with Gasteiger partial charge in [-0.3, -0.25) is 4.40 Å². The molecule has 0 radical (unpaired) electrons. The third-order valence-corrected chi connectivity index (χ3v) is 8.67. The van der Waals surface area contributed by atoms with E-state index in [9.17, 15) is 0 Å². The Kier molecular flexibility index (Phi) is 7.02. The molecule has 9 aromatic rings. The largest absolute Gasteiger partial charge is 0.277 e. The number of fused-ring (bicyclic) bond motifs is 3. The van der Waals surface area contributed by atoms with E-state index in [-0.39, 0.29) is 0 Å². The van der Waals surface area contributed by atoms with Gasteiger partial charge in [0, 0.05) is 38.6 Å². The molecule has 0 aliphatic rings. The van der Waals surface area contributed by atoms with Gasteiger partial charge in [0.15, 0.2) is 23.3 Å². The van der Waals surface area contributed by atoms with Gasteiger partial charge in [0.25, 0.3) is 0 Å². The van der Waals surface area contributed by atoms with E-state index in [1.165, 1.54) is 0 Å². The second-order valence-electron chi connectivity index (χ2n) is 11.8. The Morgan fingerprint density at radius 2 is 0.653 bits per heavy atom. The Labute approximate surface area is 283 Å². The molecule has 0 aliphatic heterocycles. The molecule has 0 saturated carbocycles. The molecule has 0 saturated heterocycles. The molecule has 0 bridgehead atoms. The summed E-state index contributed by atoms with van der Waals surface area (Å²) in [5, 5.41) is 2.17. The standard InChI is InChI=1S/C43H28N6/c1-5-15-30(16-6-1)38-44-39(31-17-7-2-8-18-31)46-40(45-38)33-27-25-29(26-28-33)37-35-23-13-14-24-36(35)43-48-41(32-19-9-3-10-20-32)47-42(49(37)43)34-21-11-4-12-22-34/h1-28H. The highest BCUT2D eigenvalue weighted by molar-refractivity contribution is 6.06. The van der Waals surface area contributed by atoms with E-state index in [2.05, 4.69) is 77.2 Å². The fourth-order valence-electron chi connectivity index (χ4n) is 6.32. The highest BCUT2D eigenvalue weighted by atomic mass is 15.1. The summed E-state index contributed by atoms with van der Waals surface area (Å²) in [6, 6.07) is 57.4. The van der Waals surface area contributed by atoms with Crippen molar-refractivity contribution in [3.05, 3.63) is 170 Å². The fourth-order valence-corrected chi connectivity index (χ4v) is 6.32. The van der Waals surface area contributed by atoms with Crippen LogP contribution in [-0.2, 0) is 0 Å². The lowest BCUT2D eigenvalue weighted by Crippen LogP contribution is -2.03. The molecule has 0 spiro atoms. The Morgan fingerprint density at radius 3 is 1.14 bits per heavy atom. The van der Waals surface area contributed by atoms with E-state index in [4.69, 9.17) is 24.9 Å². The van der Waals surface area contributed by atoms with Crippen molar-refractivity contribution in [1.82, 2.24) is 29.3 Å². The predicted molar refractivity (Wildman–Crippen MR) is 196 cm³/mol. The highest BCUT2D eigenvalue weighted by Gasteiger charge is 2.21. The summed E-state index contributed by atoms with van der Waals surface area (Å²) in [7, 11) is 0. The van der Waals surface area contributed by atoms with E-state index < -0.39 is 0 Å². The molecule has 6 aromatic carbocycles. The first-order valence-electron chi connectivity index (χ1n) is 16.2. The van der Waals surface area contributed by atoms with Crippen LogP contribution in [0.2, 0.25) is 0 Å². The topological polar surface area (TPSA) is 68.9 Å². The normalized spacial score (nSPS) is 11.3. The van der Waals surface area contributed by atoms with Gasteiger partial charge < -0.3 is 0 Å². The number of aromatic nitrogens is 6. The molecular weight excluding hydrogens is 601 g/mol. The lowest BCUT2D eigenvalue weighted by Gasteiger charge is -2.13. The smallest absolute Gasteiger partial charge is 0.164 e. The molecule has 230 valence electrons. The van der Waals surface area contributed by atoms with E-state index in [1.54, 1.807) is 0 Å². The van der Waals surface area contributed by atoms with Crippen molar-refractivity contribution >= 4 is 16.4 Å². The van der Waals surface area contributed by atoms with Crippen LogP contribution in [-0.4, -0.2) is 29.3 Å². The monoisotopic (exact) mass is 628 g/mol. The van der Waals surface area contributed by atoms with Gasteiger partial charge in [-0.1, -0.05) is 170 Å². The van der Waals surface area contributed by atoms with Crippen LogP contribution in [0, 0.1) is 0 Å². The quantitative estimate of drug-likeness (QED) is 0.183. The molecule has 9 rings (SSSR count). The summed E-state index contributed by atoms with van der Waals surface area (Å²) in [5.41, 5.74) is 7.69. The van der Waals surface area contributed by atoms with Crippen molar-refractivity contribution in [2.24, 2.45) is 0 Å². The number of rotatable bonds is 6. The molecule has 6 nitrogen and oxygen atoms in total. The second-order valence-corrected chi connectivity index (χ2v) is 11.8. The van der Waals surface area contributed by atoms with Gasteiger partial charge in [0.05, 0.1) is 5.69 Å². The summed E-state index contributed by atoms with van der Waals surface area (Å²) in [4.78, 5) is 25.1. The summed E-state index contributed by atoms with van der Waals surface area (Å²) in [5.74, 6) is 3.41. The van der Waals surface area contributed by atoms with Crippen molar-refractivity contribution in [3.63, 3.8) is 0 Å². The van der Waals surface area contributed by atoms with Crippen molar-refractivity contribution < 1.29 is 0 Å². The zero-order valence-electron chi connectivity index (χ0n) is 26.3. The molecule has 0 fully saturated rings. The average molecular weight is 629 g/mol. The maximum Gasteiger partial charge on any atom is 0.164 e. The second kappa shape index (κ2) is 12.1. The Morgan fingerprint density at radius 1 is 0.286 bits per heavy atom. The Balaban J connectivity index is 1.23. The Bertz CT molecular complexity index is 2510. The van der Waals surface area contributed by atoms with Gasteiger partial charge >= 0.3 is 0 Å². The molecule has 0 atom stereocenters. The lowest BCUT2D eigenvalue weighted by molar-refractivity contribution is 1.05. The molecule has 3 aromatic heterocycles. The molecule has 6 heteroatoms. The highest BCUT2D eigenvalue weighted by Crippen LogP contribution is 2.38. The summed E-state index contributed by atoms with van der Waals surface area (Å²) < 4.78 is 2.20. The lowest BCUT2D eigenvalue weighted by atomic mass is 10.0. The maximum atomic E-state index is 5.19. The molecule has 0 aliphatic carbocycles. The van der Waals surface area contributed by atoms with E-state index in [1.807, 2.05) is 97.1 Å². The van der Waals surface area contributed by atoms with Gasteiger partial charge in [-0.2, -0.15) is 0 Å². The van der Waals surface area contributed by atoms with Crippen molar-refractivity contribution in [1.29, 1.82) is 0 Å². The van der Waals surface area contributed by atoms with Crippen molar-refractivity contribution in [2.45, 2.75) is 0 Å². The third-order valence-electron chi connectivity index (χ3n) is 8.67. The molecule has 3 heterocycles. The molecule has 0 N–H and O–H groups in total. The molecule has 0 amide bonds. The molecule has 49 heavy (non-hydrogen) atoms. The maximum absolute atomic E-state index is 5.19. The minimum absolute atomic E-state index is 0.616. The van der Waals surface area contributed by atoms with Crippen LogP contribution < -0.4 is 0 Å². The van der Waals surface area contributed by atoms with Gasteiger partial charge in [-0.15, -0.1) is 0 Å². The van der Waals surface area contributed by atoms with E-state index in [0.717, 1.165) is 61.3 Å². The van der Waals surface area contributed by atoms with Crippen LogP contribution in [0.1, 0.15) is 0 Å². The number of nitrogens with zero attached hydrogens (tertiary/aromatic N) is 6. The van der Waals surface area contributed by atoms with Crippen molar-refractivity contribution in [3.8, 4) is 68.2 Å². The van der Waals surface area contributed by atoms with Crippen LogP contribution in [0.25, 0.3) is 84.6 Å². The predicted octanol–water partition coefficient (Wildman–Crippen LogP) is 10.1. The zero-order valence-corrected chi connectivity index (χ0v) is 26.3. The van der Waals surface area contributed by atoms with Gasteiger partial charge in [-0.05, 0) is 5.56 Å². The average Bonchev–Trinajstić information content (AvgIpc) is 3.53. The van der Waals surface area contributed by atoms with Crippen LogP contribution in [0.4, 0.5) is 0 Å². The zero-order chi connectivity index (χ0) is 32.6. The summed E-state index contributed by atoms with van der Waals surface area (Å²) in [6.07, 6.45) is 0. The summed E-state index contributed by atoms with van der Waals surface area (Å²) >= 11 is 0. The van der Waals surface area contributed by atoms with Crippen LogP contribution in [0.3, 0.4) is 0 Å². The first kappa shape index (κ1) is 28.4. The number of hydrogen-bond acceptors (Lipinski definition) is 5. The van der Waals surface area contributed by atoms with Crippen LogP contribution in [0.15, 0.2) is 170 Å². The van der Waals surface area contributed by atoms with E-state index >= 15 is 0 Å². The first-order valence-corrected chi connectivity index (χ1v) is 16.2. The first-order chi connectivity index (χ1) is 24.3. The molecular formula is C43H28N6. The molecule has 0 unspecified atom stereocenters. The van der Waals surface area contributed by atoms with Crippen molar-refractivity contribution in [2.75, 3.05) is 0 Å². The number of hydrogen-bond donors (Lipinski definition) is 0. The third kappa shape index (κ3) is 5.22. The number of benzene rings is 6. The SMILES string of the molecule is c1ccc(-c2nc(-c3ccccc3)nc(-c3ccc(-c4c5ccccc5c5nc(-c6ccccc6)nc(-c6ccccc6)n45)cc3)n2)cc1. The van der Waals surface area contributed by atoms with Gasteiger partial charge in [-0.25, -0.2) is 24.9 Å². The van der Waals surface area contributed by atoms with Gasteiger partial charge in [0.1, 0.15) is 11.5 Å². The fraction of sp³-hybridized carbons (Fsp3) is 0. The van der Waals surface area contributed by atoms with Crippen LogP contribution >= 0.6 is 0 Å². The minimum Gasteiger partial charge on any atom is -0.277 e. The minimum atomic E-state index is 0.616. The Hall–Kier alpha value is -6.79. The van der Waals surface area contributed by atoms with E-state index in [0.29, 0.717) is 23.3 Å². The van der Waals surface area contributed by atoms with Crippen LogP contribution in [0.5, 0.6) is 0 Å². The summed E-state index contributed by atoms with van der Waals surface area (Å²) in [6.45, 7) is 0.